The largest absolute Gasteiger partial charge is 0.337 e. The summed E-state index contributed by atoms with van der Waals surface area (Å²) in [6, 6.07) is 0. The molecule has 4 nitrogen and oxygen atoms in total. The van der Waals surface area contributed by atoms with Crippen molar-refractivity contribution < 1.29 is 4.79 Å². The molecule has 0 aromatic carbocycles. The molecule has 0 N–H and O–H groups in total. The molecule has 4 heteroatoms. The summed E-state index contributed by atoms with van der Waals surface area (Å²) in [7, 11) is 1.93. The summed E-state index contributed by atoms with van der Waals surface area (Å²) in [6.07, 6.45) is 5.54. The molecule has 1 unspecified atom stereocenters. The van der Waals surface area contributed by atoms with Gasteiger partial charge in [0.05, 0.1) is 0 Å². The number of imidazole rings is 1. The van der Waals surface area contributed by atoms with Crippen LogP contribution in [0.4, 0.5) is 0 Å². The molecule has 1 atom stereocenters. The van der Waals surface area contributed by atoms with E-state index in [9.17, 15) is 4.79 Å². The highest BCUT2D eigenvalue weighted by Crippen LogP contribution is 2.58. The highest BCUT2D eigenvalue weighted by Gasteiger charge is 2.52. The van der Waals surface area contributed by atoms with Gasteiger partial charge in [-0.3, -0.25) is 4.79 Å². The molecule has 18 heavy (non-hydrogen) atoms. The van der Waals surface area contributed by atoms with Gasteiger partial charge in [-0.15, -0.1) is 0 Å². The Labute approximate surface area is 108 Å². The molecule has 1 aromatic rings. The molecule has 1 saturated carbocycles. The van der Waals surface area contributed by atoms with Gasteiger partial charge in [-0.25, -0.2) is 4.98 Å². The van der Waals surface area contributed by atoms with Crippen molar-refractivity contribution >= 4 is 5.91 Å². The third-order valence-corrected chi connectivity index (χ3v) is 4.97. The van der Waals surface area contributed by atoms with Gasteiger partial charge in [0.1, 0.15) is 11.5 Å². The fourth-order valence-electron chi connectivity index (χ4n) is 3.23. The van der Waals surface area contributed by atoms with E-state index in [2.05, 4.69) is 11.9 Å². The zero-order chi connectivity index (χ0) is 12.9. The maximum atomic E-state index is 12.3. The molecule has 2 fully saturated rings. The summed E-state index contributed by atoms with van der Waals surface area (Å²) in [4.78, 5) is 18.6. The predicted octanol–water partition coefficient (Wildman–Crippen LogP) is 1.99. The van der Waals surface area contributed by atoms with E-state index in [1.54, 1.807) is 0 Å². The summed E-state index contributed by atoms with van der Waals surface area (Å²) in [5.41, 5.74) is 1.17. The molecular weight excluding hydrogens is 226 g/mol. The normalized spacial score (nSPS) is 25.5. The van der Waals surface area contributed by atoms with Gasteiger partial charge < -0.3 is 9.47 Å². The molecule has 1 amide bonds. The number of piperidine rings is 1. The third-order valence-electron chi connectivity index (χ3n) is 4.97. The monoisotopic (exact) mass is 247 g/mol. The SMILES string of the molecule is Cc1nc(C(=O)N2CCC3(CC2)CC3C)cn1C. The number of nitrogens with zero attached hydrogens (tertiary/aromatic N) is 3. The summed E-state index contributed by atoms with van der Waals surface area (Å²) in [6.45, 7) is 6.06. The Bertz CT molecular complexity index is 464. The van der Waals surface area contributed by atoms with Crippen molar-refractivity contribution in [3.05, 3.63) is 17.7 Å². The van der Waals surface area contributed by atoms with Crippen LogP contribution >= 0.6 is 0 Å². The van der Waals surface area contributed by atoms with Crippen molar-refractivity contribution in [3.63, 3.8) is 0 Å². The third kappa shape index (κ3) is 1.74. The first-order chi connectivity index (χ1) is 8.52. The van der Waals surface area contributed by atoms with E-state index in [0.717, 1.165) is 24.8 Å². The molecule has 0 bridgehead atoms. The van der Waals surface area contributed by atoms with Crippen LogP contribution in [-0.4, -0.2) is 33.4 Å². The molecule has 1 aromatic heterocycles. The van der Waals surface area contributed by atoms with Gasteiger partial charge in [0.2, 0.25) is 0 Å². The lowest BCUT2D eigenvalue weighted by Crippen LogP contribution is -2.39. The molecule has 1 saturated heterocycles. The van der Waals surface area contributed by atoms with Gasteiger partial charge >= 0.3 is 0 Å². The average Bonchev–Trinajstić information content (AvgIpc) is 2.83. The van der Waals surface area contributed by atoms with Crippen molar-refractivity contribution in [1.82, 2.24) is 14.5 Å². The number of carbonyl (C=O) groups is 1. The molecule has 1 aliphatic carbocycles. The van der Waals surface area contributed by atoms with Crippen LogP contribution in [0.2, 0.25) is 0 Å². The zero-order valence-electron chi connectivity index (χ0n) is 11.4. The summed E-state index contributed by atoms with van der Waals surface area (Å²) in [5, 5.41) is 0. The minimum atomic E-state index is 0.0989. The predicted molar refractivity (Wildman–Crippen MR) is 69.3 cm³/mol. The van der Waals surface area contributed by atoms with Crippen LogP contribution in [0.15, 0.2) is 6.20 Å². The van der Waals surface area contributed by atoms with Crippen molar-refractivity contribution in [2.24, 2.45) is 18.4 Å². The lowest BCUT2D eigenvalue weighted by molar-refractivity contribution is 0.0665. The topological polar surface area (TPSA) is 38.1 Å². The van der Waals surface area contributed by atoms with Crippen molar-refractivity contribution in [2.75, 3.05) is 13.1 Å². The van der Waals surface area contributed by atoms with E-state index in [1.807, 2.05) is 29.6 Å². The fraction of sp³-hybridized carbons (Fsp3) is 0.714. The van der Waals surface area contributed by atoms with Crippen LogP contribution in [0.3, 0.4) is 0 Å². The Morgan fingerprint density at radius 1 is 1.44 bits per heavy atom. The summed E-state index contributed by atoms with van der Waals surface area (Å²) >= 11 is 0. The van der Waals surface area contributed by atoms with Crippen molar-refractivity contribution in [3.8, 4) is 0 Å². The molecule has 2 aliphatic rings. The first-order valence-electron chi connectivity index (χ1n) is 6.81. The van der Waals surface area contributed by atoms with E-state index < -0.39 is 0 Å². The molecule has 1 aliphatic heterocycles. The Morgan fingerprint density at radius 3 is 2.50 bits per heavy atom. The van der Waals surface area contributed by atoms with Gasteiger partial charge in [0.25, 0.3) is 5.91 Å². The van der Waals surface area contributed by atoms with Crippen LogP contribution < -0.4 is 0 Å². The first kappa shape index (κ1) is 11.8. The fourth-order valence-corrected chi connectivity index (χ4v) is 3.23. The van der Waals surface area contributed by atoms with Crippen LogP contribution in [0, 0.1) is 18.3 Å². The van der Waals surface area contributed by atoms with Gasteiger partial charge in [-0.05, 0) is 37.5 Å². The van der Waals surface area contributed by atoms with Gasteiger partial charge in [-0.1, -0.05) is 6.92 Å². The van der Waals surface area contributed by atoms with Gasteiger partial charge in [0.15, 0.2) is 0 Å². The number of hydrogen-bond donors (Lipinski definition) is 0. The number of aryl methyl sites for hydroxylation is 2. The molecule has 0 radical (unpaired) electrons. The standard InChI is InChI=1S/C14H21N3O/c1-10-8-14(10)4-6-17(7-5-14)13(18)12-9-16(3)11(2)15-12/h9-10H,4-8H2,1-3H3. The Kier molecular flexibility index (Phi) is 2.50. The van der Waals surface area contributed by atoms with Crippen LogP contribution in [0.25, 0.3) is 0 Å². The van der Waals surface area contributed by atoms with Crippen molar-refractivity contribution in [2.45, 2.75) is 33.1 Å². The summed E-state index contributed by atoms with van der Waals surface area (Å²) < 4.78 is 1.90. The zero-order valence-corrected chi connectivity index (χ0v) is 11.4. The number of rotatable bonds is 1. The Hall–Kier alpha value is -1.32. The Morgan fingerprint density at radius 2 is 2.06 bits per heavy atom. The second kappa shape index (κ2) is 3.84. The quantitative estimate of drug-likeness (QED) is 0.761. The Balaban J connectivity index is 1.67. The molecule has 98 valence electrons. The van der Waals surface area contributed by atoms with E-state index in [1.165, 1.54) is 19.3 Å². The lowest BCUT2D eigenvalue weighted by Gasteiger charge is -2.32. The minimum absolute atomic E-state index is 0.0989. The van der Waals surface area contributed by atoms with Gasteiger partial charge in [0, 0.05) is 26.3 Å². The second-order valence-electron chi connectivity index (χ2n) is 6.04. The lowest BCUT2D eigenvalue weighted by atomic mass is 9.91. The first-order valence-corrected chi connectivity index (χ1v) is 6.81. The van der Waals surface area contributed by atoms with Crippen molar-refractivity contribution in [1.29, 1.82) is 0 Å². The molecule has 1 spiro atoms. The van der Waals surface area contributed by atoms with E-state index in [-0.39, 0.29) is 5.91 Å². The van der Waals surface area contributed by atoms with E-state index >= 15 is 0 Å². The number of likely N-dealkylation sites (tertiary alicyclic amines) is 1. The maximum absolute atomic E-state index is 12.3. The average molecular weight is 247 g/mol. The van der Waals surface area contributed by atoms with E-state index in [4.69, 9.17) is 0 Å². The van der Waals surface area contributed by atoms with Gasteiger partial charge in [-0.2, -0.15) is 0 Å². The smallest absolute Gasteiger partial charge is 0.274 e. The van der Waals surface area contributed by atoms with Crippen LogP contribution in [0.1, 0.15) is 42.5 Å². The maximum Gasteiger partial charge on any atom is 0.274 e. The number of amides is 1. The molecular formula is C14H21N3O. The number of carbonyl (C=O) groups excluding carboxylic acids is 1. The van der Waals surface area contributed by atoms with Crippen LogP contribution in [-0.2, 0) is 7.05 Å². The minimum Gasteiger partial charge on any atom is -0.337 e. The molecule has 2 heterocycles. The van der Waals surface area contributed by atoms with E-state index in [0.29, 0.717) is 11.1 Å². The number of hydrogen-bond acceptors (Lipinski definition) is 2. The molecule has 3 rings (SSSR count). The summed E-state index contributed by atoms with van der Waals surface area (Å²) in [5.74, 6) is 1.86. The number of aromatic nitrogens is 2. The highest BCUT2D eigenvalue weighted by atomic mass is 16.2. The second-order valence-corrected chi connectivity index (χ2v) is 6.04. The van der Waals surface area contributed by atoms with Crippen LogP contribution in [0.5, 0.6) is 0 Å². The highest BCUT2D eigenvalue weighted by molar-refractivity contribution is 5.92.